The van der Waals surface area contributed by atoms with Crippen molar-refractivity contribution in [3.05, 3.63) is 66.4 Å². The average Bonchev–Trinajstić information content (AvgIpc) is 3.45. The standard InChI is InChI=1S/C24H28N4O2/c1-3-27-15-7-10-20(27)17-25-24(29)22-16-23(18-11-13-21(30-2)14-12-18)28(26-22)19-8-5-4-6-9-19/h4-6,8-9,11-14,16,20H,3,7,10,15,17H2,1-2H3,(H,25,29). The van der Waals surface area contributed by atoms with Gasteiger partial charge in [-0.2, -0.15) is 5.10 Å². The number of carbonyl (C=O) groups excluding carboxylic acids is 1. The topological polar surface area (TPSA) is 59.4 Å². The van der Waals surface area contributed by atoms with Gasteiger partial charge in [-0.1, -0.05) is 25.1 Å². The lowest BCUT2D eigenvalue weighted by molar-refractivity contribution is 0.0936. The second kappa shape index (κ2) is 9.13. The summed E-state index contributed by atoms with van der Waals surface area (Å²) in [5, 5.41) is 7.73. The lowest BCUT2D eigenvalue weighted by Gasteiger charge is -2.22. The van der Waals surface area contributed by atoms with Crippen molar-refractivity contribution in [2.45, 2.75) is 25.8 Å². The van der Waals surface area contributed by atoms with Gasteiger partial charge >= 0.3 is 0 Å². The maximum atomic E-state index is 12.9. The van der Waals surface area contributed by atoms with Gasteiger partial charge in [-0.25, -0.2) is 4.68 Å². The Labute approximate surface area is 177 Å². The van der Waals surface area contributed by atoms with Crippen LogP contribution in [-0.2, 0) is 0 Å². The summed E-state index contributed by atoms with van der Waals surface area (Å²) in [6, 6.07) is 19.9. The lowest BCUT2D eigenvalue weighted by atomic mass is 10.1. The summed E-state index contributed by atoms with van der Waals surface area (Å²) < 4.78 is 7.10. The van der Waals surface area contributed by atoms with Crippen LogP contribution >= 0.6 is 0 Å². The molecule has 3 aromatic rings. The first-order valence-electron chi connectivity index (χ1n) is 10.5. The number of rotatable bonds is 7. The molecule has 1 saturated heterocycles. The Bertz CT molecular complexity index is 982. The molecule has 1 fully saturated rings. The van der Waals surface area contributed by atoms with Gasteiger partial charge in [-0.3, -0.25) is 9.69 Å². The van der Waals surface area contributed by atoms with Gasteiger partial charge in [0, 0.05) is 18.2 Å². The molecule has 2 aromatic carbocycles. The maximum Gasteiger partial charge on any atom is 0.271 e. The Morgan fingerprint density at radius 2 is 1.93 bits per heavy atom. The number of likely N-dealkylation sites (tertiary alicyclic amines) is 1. The van der Waals surface area contributed by atoms with Crippen LogP contribution in [0.1, 0.15) is 30.3 Å². The maximum absolute atomic E-state index is 12.9. The van der Waals surface area contributed by atoms with Gasteiger partial charge in [-0.15, -0.1) is 0 Å². The number of aromatic nitrogens is 2. The summed E-state index contributed by atoms with van der Waals surface area (Å²) in [5.74, 6) is 0.655. The first-order chi connectivity index (χ1) is 14.7. The van der Waals surface area contributed by atoms with E-state index in [1.807, 2.05) is 65.3 Å². The molecular weight excluding hydrogens is 376 g/mol. The zero-order chi connectivity index (χ0) is 20.9. The van der Waals surface area contributed by atoms with Crippen molar-refractivity contribution >= 4 is 5.91 Å². The largest absolute Gasteiger partial charge is 0.497 e. The quantitative estimate of drug-likeness (QED) is 0.651. The highest BCUT2D eigenvalue weighted by Gasteiger charge is 2.24. The molecule has 6 nitrogen and oxygen atoms in total. The molecule has 1 aliphatic heterocycles. The van der Waals surface area contributed by atoms with E-state index < -0.39 is 0 Å². The van der Waals surface area contributed by atoms with Gasteiger partial charge in [0.25, 0.3) is 5.91 Å². The molecular formula is C24H28N4O2. The predicted octanol–water partition coefficient (Wildman–Crippen LogP) is 3.76. The summed E-state index contributed by atoms with van der Waals surface area (Å²) in [7, 11) is 1.65. The number of ether oxygens (including phenoxy) is 1. The van der Waals surface area contributed by atoms with Crippen molar-refractivity contribution in [2.75, 3.05) is 26.7 Å². The average molecular weight is 405 g/mol. The minimum atomic E-state index is -0.137. The van der Waals surface area contributed by atoms with E-state index in [2.05, 4.69) is 22.2 Å². The zero-order valence-corrected chi connectivity index (χ0v) is 17.5. The molecule has 0 bridgehead atoms. The Balaban J connectivity index is 1.60. The van der Waals surface area contributed by atoms with Gasteiger partial charge < -0.3 is 10.1 Å². The summed E-state index contributed by atoms with van der Waals surface area (Å²) >= 11 is 0. The molecule has 1 aliphatic rings. The number of nitrogens with one attached hydrogen (secondary N) is 1. The molecule has 0 saturated carbocycles. The molecule has 0 spiro atoms. The van der Waals surface area contributed by atoms with Crippen LogP contribution in [0.25, 0.3) is 16.9 Å². The number of likely N-dealkylation sites (N-methyl/N-ethyl adjacent to an activating group) is 1. The third-order valence-electron chi connectivity index (χ3n) is 5.73. The van der Waals surface area contributed by atoms with Crippen LogP contribution in [0, 0.1) is 0 Å². The number of carbonyl (C=O) groups is 1. The molecule has 1 aromatic heterocycles. The van der Waals surface area contributed by atoms with Crippen LogP contribution in [0.15, 0.2) is 60.7 Å². The van der Waals surface area contributed by atoms with Gasteiger partial charge in [0.15, 0.2) is 5.69 Å². The van der Waals surface area contributed by atoms with Gasteiger partial charge in [0.2, 0.25) is 0 Å². The molecule has 1 amide bonds. The second-order valence-corrected chi connectivity index (χ2v) is 7.53. The smallest absolute Gasteiger partial charge is 0.271 e. The highest BCUT2D eigenvalue weighted by Crippen LogP contribution is 2.26. The number of nitrogens with zero attached hydrogens (tertiary/aromatic N) is 3. The molecule has 4 rings (SSSR count). The number of para-hydroxylation sites is 1. The number of methoxy groups -OCH3 is 1. The normalized spacial score (nSPS) is 16.5. The summed E-state index contributed by atoms with van der Waals surface area (Å²) in [5.41, 5.74) is 3.17. The van der Waals surface area contributed by atoms with Crippen molar-refractivity contribution < 1.29 is 9.53 Å². The Hall–Kier alpha value is -3.12. The zero-order valence-electron chi connectivity index (χ0n) is 17.5. The summed E-state index contributed by atoms with van der Waals surface area (Å²) in [6.07, 6.45) is 2.32. The number of hydrogen-bond donors (Lipinski definition) is 1. The number of amides is 1. The van der Waals surface area contributed by atoms with E-state index in [0.717, 1.165) is 42.2 Å². The fourth-order valence-corrected chi connectivity index (χ4v) is 4.07. The fraction of sp³-hybridized carbons (Fsp3) is 0.333. The Morgan fingerprint density at radius 1 is 1.17 bits per heavy atom. The monoisotopic (exact) mass is 404 g/mol. The third kappa shape index (κ3) is 4.24. The van der Waals surface area contributed by atoms with Crippen molar-refractivity contribution in [1.29, 1.82) is 0 Å². The SMILES string of the molecule is CCN1CCCC1CNC(=O)c1cc(-c2ccc(OC)cc2)n(-c2ccccc2)n1. The third-order valence-corrected chi connectivity index (χ3v) is 5.73. The fourth-order valence-electron chi connectivity index (χ4n) is 4.07. The molecule has 1 N–H and O–H groups in total. The minimum Gasteiger partial charge on any atom is -0.497 e. The molecule has 2 heterocycles. The van der Waals surface area contributed by atoms with E-state index >= 15 is 0 Å². The van der Waals surface area contributed by atoms with Crippen molar-refractivity contribution in [3.63, 3.8) is 0 Å². The second-order valence-electron chi connectivity index (χ2n) is 7.53. The van der Waals surface area contributed by atoms with Crippen LogP contribution < -0.4 is 10.1 Å². The molecule has 1 unspecified atom stereocenters. The van der Waals surface area contributed by atoms with Gasteiger partial charge in [0.05, 0.1) is 18.5 Å². The Morgan fingerprint density at radius 3 is 2.63 bits per heavy atom. The molecule has 156 valence electrons. The molecule has 30 heavy (non-hydrogen) atoms. The van der Waals surface area contributed by atoms with Crippen molar-refractivity contribution in [1.82, 2.24) is 20.0 Å². The molecule has 0 aliphatic carbocycles. The molecule has 0 radical (unpaired) electrons. The van der Waals surface area contributed by atoms with E-state index in [1.165, 1.54) is 6.42 Å². The number of benzene rings is 2. The van der Waals surface area contributed by atoms with E-state index in [0.29, 0.717) is 18.3 Å². The first kappa shape index (κ1) is 20.2. The minimum absolute atomic E-state index is 0.137. The summed E-state index contributed by atoms with van der Waals surface area (Å²) in [4.78, 5) is 15.3. The van der Waals surface area contributed by atoms with E-state index in [-0.39, 0.29) is 5.91 Å². The van der Waals surface area contributed by atoms with Crippen LogP contribution in [0.2, 0.25) is 0 Å². The van der Waals surface area contributed by atoms with Crippen LogP contribution in [0.5, 0.6) is 5.75 Å². The molecule has 1 atom stereocenters. The number of hydrogen-bond acceptors (Lipinski definition) is 4. The Kier molecular flexibility index (Phi) is 6.14. The predicted molar refractivity (Wildman–Crippen MR) is 118 cm³/mol. The van der Waals surface area contributed by atoms with Crippen LogP contribution in [-0.4, -0.2) is 53.4 Å². The highest BCUT2D eigenvalue weighted by molar-refractivity contribution is 5.93. The molecule has 6 heteroatoms. The summed E-state index contributed by atoms with van der Waals surface area (Å²) in [6.45, 7) is 4.96. The van der Waals surface area contributed by atoms with Gasteiger partial charge in [-0.05, 0) is 68.4 Å². The van der Waals surface area contributed by atoms with Gasteiger partial charge in [0.1, 0.15) is 5.75 Å². The lowest BCUT2D eigenvalue weighted by Crippen LogP contribution is -2.40. The van der Waals surface area contributed by atoms with E-state index in [1.54, 1.807) is 7.11 Å². The van der Waals surface area contributed by atoms with E-state index in [4.69, 9.17) is 4.74 Å². The van der Waals surface area contributed by atoms with Crippen molar-refractivity contribution in [3.8, 4) is 22.7 Å². The van der Waals surface area contributed by atoms with Crippen LogP contribution in [0.4, 0.5) is 0 Å². The van der Waals surface area contributed by atoms with E-state index in [9.17, 15) is 4.79 Å². The first-order valence-corrected chi connectivity index (χ1v) is 10.5. The van der Waals surface area contributed by atoms with Crippen LogP contribution in [0.3, 0.4) is 0 Å². The highest BCUT2D eigenvalue weighted by atomic mass is 16.5. The van der Waals surface area contributed by atoms with Crippen molar-refractivity contribution in [2.24, 2.45) is 0 Å².